The molecule has 0 rings (SSSR count). The van der Waals surface area contributed by atoms with E-state index in [1.807, 2.05) is 22.6 Å². The summed E-state index contributed by atoms with van der Waals surface area (Å²) in [7, 11) is 0. The second kappa shape index (κ2) is 2.61. The maximum Gasteiger partial charge on any atom is 0.266 e. The molecule has 1 atom stereocenters. The lowest BCUT2D eigenvalue weighted by atomic mass is 10.3. The number of hydrogen-bond acceptors (Lipinski definition) is 2. The molecular formula is C4H8INO2. The fourth-order valence-corrected chi connectivity index (χ4v) is 0.129. The van der Waals surface area contributed by atoms with Crippen molar-refractivity contribution in [3.05, 3.63) is 10.1 Å². The van der Waals surface area contributed by atoms with E-state index < -0.39 is 3.55 Å². The lowest BCUT2D eigenvalue weighted by molar-refractivity contribution is -0.526. The molecule has 0 aromatic rings. The minimum atomic E-state index is -0.766. The van der Waals surface area contributed by atoms with Crippen molar-refractivity contribution in [2.45, 2.75) is 23.8 Å². The van der Waals surface area contributed by atoms with E-state index in [2.05, 4.69) is 0 Å². The van der Waals surface area contributed by atoms with Crippen LogP contribution in [0.1, 0.15) is 20.3 Å². The molecule has 8 heavy (non-hydrogen) atoms. The molecule has 0 aromatic heterocycles. The minimum Gasteiger partial charge on any atom is -0.263 e. The van der Waals surface area contributed by atoms with Gasteiger partial charge in [0.1, 0.15) is 0 Å². The minimum absolute atomic E-state index is 0.270. The second-order valence-corrected chi connectivity index (χ2v) is 4.08. The summed E-state index contributed by atoms with van der Waals surface area (Å²) in [5.74, 6) is 0. The summed E-state index contributed by atoms with van der Waals surface area (Å²) in [6.45, 7) is 3.41. The van der Waals surface area contributed by atoms with Crippen LogP contribution in [0.3, 0.4) is 0 Å². The van der Waals surface area contributed by atoms with Crippen molar-refractivity contribution in [2.75, 3.05) is 0 Å². The van der Waals surface area contributed by atoms with E-state index in [1.54, 1.807) is 13.8 Å². The number of halogens is 1. The van der Waals surface area contributed by atoms with Crippen LogP contribution in [0.15, 0.2) is 0 Å². The quantitative estimate of drug-likeness (QED) is 0.238. The van der Waals surface area contributed by atoms with Crippen molar-refractivity contribution in [1.82, 2.24) is 0 Å². The summed E-state index contributed by atoms with van der Waals surface area (Å²) >= 11 is 1.83. The molecule has 0 aliphatic rings. The average Bonchev–Trinajstić information content (AvgIpc) is 1.67. The van der Waals surface area contributed by atoms with E-state index in [4.69, 9.17) is 0 Å². The van der Waals surface area contributed by atoms with Gasteiger partial charge in [-0.25, -0.2) is 0 Å². The smallest absolute Gasteiger partial charge is 0.263 e. The van der Waals surface area contributed by atoms with Gasteiger partial charge in [0.25, 0.3) is 3.55 Å². The fraction of sp³-hybridized carbons (Fsp3) is 1.00. The zero-order chi connectivity index (χ0) is 6.78. The van der Waals surface area contributed by atoms with E-state index in [9.17, 15) is 10.1 Å². The molecule has 0 spiro atoms. The van der Waals surface area contributed by atoms with Crippen LogP contribution in [0, 0.1) is 10.1 Å². The molecule has 0 saturated heterocycles. The zero-order valence-electron chi connectivity index (χ0n) is 4.85. The molecule has 3 nitrogen and oxygen atoms in total. The molecule has 0 aliphatic heterocycles. The Kier molecular flexibility index (Phi) is 2.65. The highest BCUT2D eigenvalue weighted by Crippen LogP contribution is 2.21. The van der Waals surface area contributed by atoms with Crippen molar-refractivity contribution >= 4 is 22.6 Å². The SMILES string of the molecule is CCC(C)(I)[N+](=O)[O-]. The lowest BCUT2D eigenvalue weighted by Crippen LogP contribution is -2.25. The van der Waals surface area contributed by atoms with Crippen molar-refractivity contribution in [3.63, 3.8) is 0 Å². The first-order valence-electron chi connectivity index (χ1n) is 2.34. The molecule has 0 aliphatic carbocycles. The van der Waals surface area contributed by atoms with Crippen molar-refractivity contribution in [1.29, 1.82) is 0 Å². The second-order valence-electron chi connectivity index (χ2n) is 1.75. The Labute approximate surface area is 61.7 Å². The third kappa shape index (κ3) is 1.94. The molecule has 0 radical (unpaired) electrons. The van der Waals surface area contributed by atoms with E-state index in [0.717, 1.165) is 0 Å². The summed E-state index contributed by atoms with van der Waals surface area (Å²) in [5.41, 5.74) is 0. The maximum absolute atomic E-state index is 10.1. The molecule has 0 saturated carbocycles. The van der Waals surface area contributed by atoms with Gasteiger partial charge in [-0.05, 0) is 0 Å². The third-order valence-corrected chi connectivity index (χ3v) is 2.18. The molecule has 0 heterocycles. The van der Waals surface area contributed by atoms with Gasteiger partial charge in [-0.2, -0.15) is 0 Å². The highest BCUT2D eigenvalue weighted by atomic mass is 127. The van der Waals surface area contributed by atoms with E-state index in [1.165, 1.54) is 0 Å². The Morgan fingerprint density at radius 1 is 1.88 bits per heavy atom. The van der Waals surface area contributed by atoms with Gasteiger partial charge in [0.05, 0.1) is 0 Å². The van der Waals surface area contributed by atoms with Gasteiger partial charge < -0.3 is 0 Å². The largest absolute Gasteiger partial charge is 0.266 e. The van der Waals surface area contributed by atoms with Crippen LogP contribution in [-0.2, 0) is 0 Å². The first-order chi connectivity index (χ1) is 3.50. The van der Waals surface area contributed by atoms with Crippen LogP contribution in [0.25, 0.3) is 0 Å². The lowest BCUT2D eigenvalue weighted by Gasteiger charge is -2.08. The summed E-state index contributed by atoms with van der Waals surface area (Å²) in [6.07, 6.45) is 0.570. The van der Waals surface area contributed by atoms with Crippen LogP contribution in [0.4, 0.5) is 0 Å². The Hall–Kier alpha value is 0.130. The Morgan fingerprint density at radius 3 is 2.25 bits per heavy atom. The van der Waals surface area contributed by atoms with Crippen LogP contribution >= 0.6 is 22.6 Å². The first kappa shape index (κ1) is 8.13. The molecule has 0 bridgehead atoms. The molecule has 48 valence electrons. The normalized spacial score (nSPS) is 17.4. The molecule has 1 unspecified atom stereocenters. The van der Waals surface area contributed by atoms with E-state index in [-0.39, 0.29) is 4.92 Å². The highest BCUT2D eigenvalue weighted by Gasteiger charge is 2.29. The van der Waals surface area contributed by atoms with Crippen LogP contribution in [0.5, 0.6) is 0 Å². The van der Waals surface area contributed by atoms with Crippen molar-refractivity contribution in [2.24, 2.45) is 0 Å². The fourth-order valence-electron chi connectivity index (χ4n) is 0.129. The van der Waals surface area contributed by atoms with Gasteiger partial charge in [-0.1, -0.05) is 6.92 Å². The monoisotopic (exact) mass is 229 g/mol. The highest BCUT2D eigenvalue weighted by molar-refractivity contribution is 14.1. The number of rotatable bonds is 2. The van der Waals surface area contributed by atoms with Gasteiger partial charge >= 0.3 is 0 Å². The van der Waals surface area contributed by atoms with Crippen LogP contribution in [0.2, 0.25) is 0 Å². The number of nitrogens with zero attached hydrogens (tertiary/aromatic N) is 1. The standard InChI is InChI=1S/C4H8INO2/c1-3-4(2,5)6(7)8/h3H2,1-2H3. The van der Waals surface area contributed by atoms with E-state index in [0.29, 0.717) is 6.42 Å². The van der Waals surface area contributed by atoms with E-state index >= 15 is 0 Å². The Bertz CT molecular complexity index is 102. The molecule has 0 aromatic carbocycles. The third-order valence-electron chi connectivity index (χ3n) is 1.03. The number of hydrogen-bond donors (Lipinski definition) is 0. The topological polar surface area (TPSA) is 43.1 Å². The summed E-state index contributed by atoms with van der Waals surface area (Å²) in [4.78, 5) is 9.78. The number of alkyl halides is 1. The van der Waals surface area contributed by atoms with Gasteiger partial charge in [0.15, 0.2) is 0 Å². The Morgan fingerprint density at radius 2 is 2.25 bits per heavy atom. The summed E-state index contributed by atoms with van der Waals surface area (Å²) in [5, 5.41) is 10.1. The molecule has 4 heteroatoms. The number of nitro groups is 1. The predicted molar refractivity (Wildman–Crippen MR) is 39.7 cm³/mol. The molecule has 0 N–H and O–H groups in total. The Balaban J connectivity index is 3.91. The maximum atomic E-state index is 10.1. The first-order valence-corrected chi connectivity index (χ1v) is 3.42. The molecule has 0 amide bonds. The summed E-state index contributed by atoms with van der Waals surface area (Å²) < 4.78 is -0.766. The molecule has 0 fully saturated rings. The summed E-state index contributed by atoms with van der Waals surface area (Å²) in [6, 6.07) is 0. The van der Waals surface area contributed by atoms with Gasteiger partial charge in [-0.3, -0.25) is 10.1 Å². The van der Waals surface area contributed by atoms with Gasteiger partial charge in [0, 0.05) is 40.9 Å². The van der Waals surface area contributed by atoms with Crippen molar-refractivity contribution in [3.8, 4) is 0 Å². The van der Waals surface area contributed by atoms with Gasteiger partial charge in [0.2, 0.25) is 0 Å². The van der Waals surface area contributed by atoms with Crippen molar-refractivity contribution < 1.29 is 4.92 Å². The van der Waals surface area contributed by atoms with Crippen LogP contribution in [-0.4, -0.2) is 8.47 Å². The van der Waals surface area contributed by atoms with Gasteiger partial charge in [-0.15, -0.1) is 0 Å². The molecular weight excluding hydrogens is 221 g/mol. The zero-order valence-corrected chi connectivity index (χ0v) is 7.01. The van der Waals surface area contributed by atoms with Crippen LogP contribution < -0.4 is 0 Å². The predicted octanol–water partition coefficient (Wildman–Crippen LogP) is 1.82. The average molecular weight is 229 g/mol.